The average molecular weight is 1070 g/mol. The molecule has 0 saturated heterocycles. The van der Waals surface area contributed by atoms with Crippen molar-refractivity contribution in [1.29, 1.82) is 0 Å². The second kappa shape index (κ2) is 31.1. The van der Waals surface area contributed by atoms with Crippen molar-refractivity contribution in [1.82, 2.24) is 42.5 Å². The molecule has 0 fully saturated rings. The summed E-state index contributed by atoms with van der Waals surface area (Å²) in [6, 6.07) is 8.96. The minimum Gasteiger partial charge on any atom is -0.508 e. The number of aromatic hydroxyl groups is 2. The van der Waals surface area contributed by atoms with E-state index in [1.54, 1.807) is 71.9 Å². The number of carboxylic acids is 2. The molecule has 14 N–H and O–H groups in total. The Bertz CT molecular complexity index is 2490. The molecule has 0 unspecified atom stereocenters. The van der Waals surface area contributed by atoms with Crippen molar-refractivity contribution < 1.29 is 68.4 Å². The third-order valence-electron chi connectivity index (χ3n) is 12.3. The number of phenols is 2. The van der Waals surface area contributed by atoms with E-state index in [4.69, 9.17) is 5.73 Å². The normalized spacial score (nSPS) is 14.6. The molecule has 3 aromatic rings. The Hall–Kier alpha value is -8.08. The highest BCUT2D eigenvalue weighted by Gasteiger charge is 2.36. The second-order valence-electron chi connectivity index (χ2n) is 19.9. The first-order chi connectivity index (χ1) is 36.3. The van der Waals surface area contributed by atoms with Gasteiger partial charge in [-0.1, -0.05) is 103 Å². The third kappa shape index (κ3) is 22.3. The number of nitrogens with two attached hydrogens (primary N) is 1. The minimum atomic E-state index is -1.84. The number of nitrogens with one attached hydrogen (secondary N) is 8. The zero-order valence-electron chi connectivity index (χ0n) is 44.5. The van der Waals surface area contributed by atoms with Crippen molar-refractivity contribution >= 4 is 59.2 Å². The maximum Gasteiger partial charge on any atom is 0.326 e. The van der Waals surface area contributed by atoms with E-state index in [0.29, 0.717) is 23.1 Å². The summed E-state index contributed by atoms with van der Waals surface area (Å²) in [5.74, 6) is -10.8. The molecule has 0 radical (unpaired) electrons. The maximum atomic E-state index is 14.5. The van der Waals surface area contributed by atoms with E-state index in [-0.39, 0.29) is 55.4 Å². The highest BCUT2D eigenvalue weighted by Crippen LogP contribution is 2.16. The summed E-state index contributed by atoms with van der Waals surface area (Å²) in [7, 11) is 0. The lowest BCUT2D eigenvalue weighted by atomic mass is 9.96. The standard InChI is InChI=1S/C54H75N9O14/c1-8-31(6)46(53(75)62-43(54(76)77)23-30(4)5)63-52(74)41(26-35-16-20-37(65)21-17-35)60-50(72)40(24-33-12-10-9-11-13-33)59-51(73)42(27-45(67)68)61-49(71)38(22-29(2)3)57-44(66)28-56-48(70)39(58-47(69)32(7)55)25-34-14-18-36(64)19-15-34/h9-21,29-32,38-43,46,64-65H,8,22-28,55H2,1-7H3,(H,56,70)(H,57,66)(H,58,69)(H,59,73)(H,60,72)(H,61,71)(H,62,75)(H,63,74)(H,67,68)(H,76,77)/t31-,32-,38-,39-,40-,41-,42-,43-,46-/m0/s1. The number of benzene rings is 3. The van der Waals surface area contributed by atoms with E-state index >= 15 is 0 Å². The molecule has 0 spiro atoms. The monoisotopic (exact) mass is 1070 g/mol. The Kier molecular flexibility index (Phi) is 25.5. The number of aliphatic carboxylic acids is 2. The molecule has 0 aliphatic heterocycles. The molecule has 3 rings (SSSR count). The van der Waals surface area contributed by atoms with Crippen LogP contribution in [0.5, 0.6) is 11.5 Å². The summed E-state index contributed by atoms with van der Waals surface area (Å²) in [6.45, 7) is 11.2. The van der Waals surface area contributed by atoms with Gasteiger partial charge < -0.3 is 68.7 Å². The molecule has 0 aliphatic carbocycles. The lowest BCUT2D eigenvalue weighted by Gasteiger charge is -2.29. The Labute approximate surface area is 447 Å². The van der Waals surface area contributed by atoms with Gasteiger partial charge in [0.2, 0.25) is 47.3 Å². The molecule has 0 aliphatic rings. The number of rotatable bonds is 31. The van der Waals surface area contributed by atoms with E-state index in [9.17, 15) is 68.4 Å². The highest BCUT2D eigenvalue weighted by atomic mass is 16.4. The SMILES string of the molecule is CC[C@H](C)[C@H](NC(=O)[C@H](Cc1ccc(O)cc1)NC(=O)[C@H](Cc1ccccc1)NC(=O)[C@H](CC(=O)O)NC(=O)[C@H](CC(C)C)NC(=O)CNC(=O)[C@H](Cc1ccc(O)cc1)NC(=O)[C@H](C)N)C(=O)N[C@@H](CC(C)C)C(=O)O. The van der Waals surface area contributed by atoms with Gasteiger partial charge in [0, 0.05) is 19.3 Å². The van der Waals surface area contributed by atoms with Gasteiger partial charge in [0.15, 0.2) is 0 Å². The van der Waals surface area contributed by atoms with Crippen LogP contribution in [0.25, 0.3) is 0 Å². The van der Waals surface area contributed by atoms with Crippen LogP contribution in [0.4, 0.5) is 0 Å². The van der Waals surface area contributed by atoms with Crippen LogP contribution >= 0.6 is 0 Å². The van der Waals surface area contributed by atoms with Crippen LogP contribution in [0.15, 0.2) is 78.9 Å². The van der Waals surface area contributed by atoms with E-state index in [1.165, 1.54) is 55.5 Å². The molecule has 420 valence electrons. The molecule has 23 nitrogen and oxygen atoms in total. The summed E-state index contributed by atoms with van der Waals surface area (Å²) in [5, 5.41) is 59.7. The molecule has 0 saturated carbocycles. The van der Waals surface area contributed by atoms with Crippen LogP contribution in [0.1, 0.15) is 90.8 Å². The van der Waals surface area contributed by atoms with Crippen molar-refractivity contribution in [3.63, 3.8) is 0 Å². The summed E-state index contributed by atoms with van der Waals surface area (Å²) < 4.78 is 0. The van der Waals surface area contributed by atoms with Crippen LogP contribution in [0, 0.1) is 17.8 Å². The molecule has 3 aromatic carbocycles. The van der Waals surface area contributed by atoms with Crippen molar-refractivity contribution in [3.05, 3.63) is 95.6 Å². The Balaban J connectivity index is 1.91. The van der Waals surface area contributed by atoms with Crippen molar-refractivity contribution in [2.24, 2.45) is 23.5 Å². The largest absolute Gasteiger partial charge is 0.508 e. The molecule has 23 heteroatoms. The zero-order chi connectivity index (χ0) is 57.5. The van der Waals surface area contributed by atoms with Crippen molar-refractivity contribution in [3.8, 4) is 11.5 Å². The zero-order valence-corrected chi connectivity index (χ0v) is 44.5. The molecule has 0 aromatic heterocycles. The van der Waals surface area contributed by atoms with Crippen molar-refractivity contribution in [2.75, 3.05) is 6.54 Å². The summed E-state index contributed by atoms with van der Waals surface area (Å²) in [5.41, 5.74) is 7.23. The molecule has 0 bridgehead atoms. The quantitative estimate of drug-likeness (QED) is 0.0421. The van der Waals surface area contributed by atoms with Gasteiger partial charge >= 0.3 is 11.9 Å². The van der Waals surface area contributed by atoms with Gasteiger partial charge in [-0.25, -0.2) is 4.79 Å². The van der Waals surface area contributed by atoms with Gasteiger partial charge in [-0.3, -0.25) is 43.2 Å². The van der Waals surface area contributed by atoms with E-state index in [1.807, 2.05) is 0 Å². The molecular weight excluding hydrogens is 999 g/mol. The fourth-order valence-corrected chi connectivity index (χ4v) is 7.87. The first kappa shape index (κ1) is 63.2. The van der Waals surface area contributed by atoms with Gasteiger partial charge in [0.05, 0.1) is 19.0 Å². The number of amides is 8. The lowest BCUT2D eigenvalue weighted by molar-refractivity contribution is -0.143. The van der Waals surface area contributed by atoms with Gasteiger partial charge in [-0.15, -0.1) is 0 Å². The summed E-state index contributed by atoms with van der Waals surface area (Å²) in [6.07, 6.45) is -1.01. The van der Waals surface area contributed by atoms with E-state index < -0.39 is 126 Å². The number of phenolic OH excluding ortho intramolecular Hbond substituents is 2. The maximum absolute atomic E-state index is 14.5. The van der Waals surface area contributed by atoms with Gasteiger partial charge in [0.25, 0.3) is 0 Å². The van der Waals surface area contributed by atoms with Crippen LogP contribution in [-0.2, 0) is 67.2 Å². The first-order valence-corrected chi connectivity index (χ1v) is 25.5. The van der Waals surface area contributed by atoms with E-state index in [0.717, 1.165) is 0 Å². The fourth-order valence-electron chi connectivity index (χ4n) is 7.87. The molecule has 77 heavy (non-hydrogen) atoms. The number of hydrogen-bond donors (Lipinski definition) is 13. The van der Waals surface area contributed by atoms with Gasteiger partial charge in [-0.05, 0) is 78.5 Å². The Morgan fingerprint density at radius 3 is 1.32 bits per heavy atom. The molecule has 8 amide bonds. The number of carboxylic acid groups (broad SMARTS) is 2. The predicted molar refractivity (Wildman–Crippen MR) is 282 cm³/mol. The highest BCUT2D eigenvalue weighted by molar-refractivity contribution is 5.98. The fraction of sp³-hybridized carbons (Fsp3) is 0.481. The minimum absolute atomic E-state index is 0.0258. The molecule has 9 atom stereocenters. The Morgan fingerprint density at radius 1 is 0.468 bits per heavy atom. The number of carbonyl (C=O) groups excluding carboxylic acids is 8. The molecular formula is C54H75N9O14. The second-order valence-corrected chi connectivity index (χ2v) is 19.9. The Morgan fingerprint density at radius 2 is 0.870 bits per heavy atom. The summed E-state index contributed by atoms with van der Waals surface area (Å²) in [4.78, 5) is 134. The smallest absolute Gasteiger partial charge is 0.326 e. The number of carbonyl (C=O) groups is 10. The van der Waals surface area contributed by atoms with E-state index in [2.05, 4.69) is 42.5 Å². The van der Waals surface area contributed by atoms with Crippen LogP contribution < -0.4 is 48.3 Å². The van der Waals surface area contributed by atoms with Crippen molar-refractivity contribution in [2.45, 2.75) is 142 Å². The topological polar surface area (TPSA) is 374 Å². The average Bonchev–Trinajstić information content (AvgIpc) is 3.36. The molecule has 0 heterocycles. The van der Waals surface area contributed by atoms with Crippen LogP contribution in [-0.4, -0.2) is 135 Å². The van der Waals surface area contributed by atoms with Crippen LogP contribution in [0.2, 0.25) is 0 Å². The lowest BCUT2D eigenvalue weighted by Crippen LogP contribution is -2.61. The number of hydrogen-bond acceptors (Lipinski definition) is 13. The third-order valence-corrected chi connectivity index (χ3v) is 12.3. The van der Waals surface area contributed by atoms with Gasteiger partial charge in [0.1, 0.15) is 53.8 Å². The van der Waals surface area contributed by atoms with Gasteiger partial charge in [-0.2, -0.15) is 0 Å². The first-order valence-electron chi connectivity index (χ1n) is 25.5. The summed E-state index contributed by atoms with van der Waals surface area (Å²) >= 11 is 0. The predicted octanol–water partition coefficient (Wildman–Crippen LogP) is 0.680. The van der Waals surface area contributed by atoms with Crippen LogP contribution in [0.3, 0.4) is 0 Å².